The molecule has 0 saturated carbocycles. The monoisotopic (exact) mass is 222 g/mol. The van der Waals surface area contributed by atoms with E-state index in [4.69, 9.17) is 19.2 Å². The SMILES string of the molecule is O[Si](O)(O)O.[Cl-].[Cl-].[Fe+2]. The Kier molecular flexibility index (Phi) is 23.4. The van der Waals surface area contributed by atoms with Gasteiger partial charge in [0, 0.05) is 0 Å². The maximum atomic E-state index is 7.33. The molecule has 4 N–H and O–H groups in total. The molecule has 0 heterocycles. The molecular weight excluding hydrogens is 219 g/mol. The molecule has 8 heteroatoms. The molecule has 0 aliphatic rings. The van der Waals surface area contributed by atoms with Crippen LogP contribution in [0.3, 0.4) is 0 Å². The molecule has 8 heavy (non-hydrogen) atoms. The van der Waals surface area contributed by atoms with Crippen molar-refractivity contribution < 1.29 is 61.1 Å². The Balaban J connectivity index is -0.0000000267. The minimum atomic E-state index is -4.61. The summed E-state index contributed by atoms with van der Waals surface area (Å²) < 4.78 is 0. The maximum Gasteiger partial charge on any atom is 2.00 e. The molecule has 0 saturated heterocycles. The quantitative estimate of drug-likeness (QED) is 0.307. The first-order valence-corrected chi connectivity index (χ1v) is 2.68. The van der Waals surface area contributed by atoms with Crippen molar-refractivity contribution in [1.29, 1.82) is 0 Å². The average molecular weight is 223 g/mol. The fraction of sp³-hybridized carbons (Fsp3) is 0. The van der Waals surface area contributed by atoms with Crippen LogP contribution in [0.25, 0.3) is 0 Å². The van der Waals surface area contributed by atoms with Crippen molar-refractivity contribution in [3.8, 4) is 0 Å². The van der Waals surface area contributed by atoms with E-state index in [1.54, 1.807) is 0 Å². The van der Waals surface area contributed by atoms with Gasteiger partial charge in [0.25, 0.3) is 0 Å². The molecule has 0 rings (SSSR count). The van der Waals surface area contributed by atoms with Gasteiger partial charge in [0.05, 0.1) is 0 Å². The predicted molar refractivity (Wildman–Crippen MR) is 14.6 cm³/mol. The summed E-state index contributed by atoms with van der Waals surface area (Å²) in [4.78, 5) is 29.3. The standard InChI is InChI=1S/2ClH.Fe.H4O4Si/c;;;1-5(2,3)4/h2*1H;;1-4H/q;;+2;/p-2. The Bertz CT molecular complexity index is 29.5. The molecule has 0 spiro atoms. The van der Waals surface area contributed by atoms with Crippen LogP contribution in [-0.4, -0.2) is 28.2 Å². The van der Waals surface area contributed by atoms with Gasteiger partial charge in [-0.25, -0.2) is 0 Å². The second kappa shape index (κ2) is 8.16. The summed E-state index contributed by atoms with van der Waals surface area (Å²) in [6, 6.07) is 0. The average Bonchev–Trinajstić information content (AvgIpc) is 0.722. The topological polar surface area (TPSA) is 80.9 Å². The van der Waals surface area contributed by atoms with Gasteiger partial charge in [-0.3, -0.25) is 0 Å². The number of rotatable bonds is 0. The zero-order valence-electron chi connectivity index (χ0n) is 3.40. The van der Waals surface area contributed by atoms with E-state index in [9.17, 15) is 0 Å². The molecule has 0 aromatic heterocycles. The minimum absolute atomic E-state index is 0. The Hall–Kier alpha value is 1.16. The van der Waals surface area contributed by atoms with Crippen LogP contribution in [0, 0.1) is 0 Å². The molecule has 0 aliphatic carbocycles. The first kappa shape index (κ1) is 22.9. The number of halogens is 2. The van der Waals surface area contributed by atoms with Gasteiger partial charge in [0.2, 0.25) is 0 Å². The van der Waals surface area contributed by atoms with Crippen molar-refractivity contribution >= 4 is 9.05 Å². The molecule has 0 amide bonds. The van der Waals surface area contributed by atoms with Crippen LogP contribution in [0.1, 0.15) is 0 Å². The van der Waals surface area contributed by atoms with Crippen molar-refractivity contribution in [3.05, 3.63) is 0 Å². The summed E-state index contributed by atoms with van der Waals surface area (Å²) in [5.41, 5.74) is 0. The number of hydrogen-bond donors (Lipinski definition) is 4. The summed E-state index contributed by atoms with van der Waals surface area (Å²) in [6.07, 6.45) is 0. The summed E-state index contributed by atoms with van der Waals surface area (Å²) in [6.45, 7) is 0. The normalized spacial score (nSPS) is 7.50. The molecule has 0 aromatic rings. The Morgan fingerprint density at radius 3 is 0.750 bits per heavy atom. The summed E-state index contributed by atoms with van der Waals surface area (Å²) >= 11 is 0. The van der Waals surface area contributed by atoms with E-state index in [0.717, 1.165) is 0 Å². The summed E-state index contributed by atoms with van der Waals surface area (Å²) in [5.74, 6) is 0. The molecule has 0 radical (unpaired) electrons. The fourth-order valence-electron chi connectivity index (χ4n) is 0. The first-order valence-electron chi connectivity index (χ1n) is 0.894. The van der Waals surface area contributed by atoms with E-state index in [1.165, 1.54) is 0 Å². The van der Waals surface area contributed by atoms with Crippen molar-refractivity contribution in [2.45, 2.75) is 0 Å². The predicted octanol–water partition coefficient (Wildman–Crippen LogP) is -8.60. The Morgan fingerprint density at radius 2 is 0.750 bits per heavy atom. The van der Waals surface area contributed by atoms with Gasteiger partial charge in [-0.1, -0.05) is 0 Å². The molecule has 0 fully saturated rings. The van der Waals surface area contributed by atoms with Gasteiger partial charge in [-0.05, 0) is 0 Å². The van der Waals surface area contributed by atoms with Gasteiger partial charge in [0.15, 0.2) is 0 Å². The molecule has 54 valence electrons. The van der Waals surface area contributed by atoms with Crippen molar-refractivity contribution in [2.75, 3.05) is 0 Å². The van der Waals surface area contributed by atoms with Gasteiger partial charge in [0.1, 0.15) is 0 Å². The molecule has 0 unspecified atom stereocenters. The fourth-order valence-corrected chi connectivity index (χ4v) is 0. The van der Waals surface area contributed by atoms with E-state index in [0.29, 0.717) is 0 Å². The molecule has 0 atom stereocenters. The largest absolute Gasteiger partial charge is 2.00 e. The second-order valence-corrected chi connectivity index (χ2v) is 1.80. The van der Waals surface area contributed by atoms with Crippen LogP contribution in [-0.2, 0) is 17.1 Å². The van der Waals surface area contributed by atoms with Crippen LogP contribution in [0.2, 0.25) is 0 Å². The van der Waals surface area contributed by atoms with E-state index in [-0.39, 0.29) is 41.9 Å². The molecule has 4 nitrogen and oxygen atoms in total. The van der Waals surface area contributed by atoms with Crippen molar-refractivity contribution in [2.24, 2.45) is 0 Å². The third-order valence-corrected chi connectivity index (χ3v) is 0. The Labute approximate surface area is 70.3 Å². The van der Waals surface area contributed by atoms with E-state index in [1.807, 2.05) is 0 Å². The molecular formula is H4Cl2FeO4Si. The maximum absolute atomic E-state index is 7.33. The third-order valence-electron chi connectivity index (χ3n) is 0. The van der Waals surface area contributed by atoms with Gasteiger partial charge in [-0.15, -0.1) is 0 Å². The zero-order chi connectivity index (χ0) is 4.50. The number of hydrogen-bond acceptors (Lipinski definition) is 4. The third kappa shape index (κ3) is 203. The van der Waals surface area contributed by atoms with Crippen molar-refractivity contribution in [1.82, 2.24) is 0 Å². The molecule has 0 aliphatic heterocycles. The van der Waals surface area contributed by atoms with Crippen LogP contribution in [0.5, 0.6) is 0 Å². The van der Waals surface area contributed by atoms with E-state index < -0.39 is 9.05 Å². The molecule has 0 bridgehead atoms. The van der Waals surface area contributed by atoms with E-state index >= 15 is 0 Å². The smallest absolute Gasteiger partial charge is 1.00 e. The van der Waals surface area contributed by atoms with Crippen LogP contribution in [0.15, 0.2) is 0 Å². The summed E-state index contributed by atoms with van der Waals surface area (Å²) in [5, 5.41) is 0. The summed E-state index contributed by atoms with van der Waals surface area (Å²) in [7, 11) is -4.61. The van der Waals surface area contributed by atoms with Gasteiger partial charge >= 0.3 is 26.1 Å². The first-order chi connectivity index (χ1) is 2.00. The van der Waals surface area contributed by atoms with Crippen molar-refractivity contribution in [3.63, 3.8) is 0 Å². The van der Waals surface area contributed by atoms with E-state index in [2.05, 4.69) is 0 Å². The van der Waals surface area contributed by atoms with Crippen LogP contribution in [0.4, 0.5) is 0 Å². The zero-order valence-corrected chi connectivity index (χ0v) is 7.01. The van der Waals surface area contributed by atoms with Gasteiger partial charge < -0.3 is 44.0 Å². The molecule has 0 aromatic carbocycles. The second-order valence-electron chi connectivity index (χ2n) is 0.600. The minimum Gasteiger partial charge on any atom is -1.00 e. The van der Waals surface area contributed by atoms with Crippen LogP contribution >= 0.6 is 0 Å². The Morgan fingerprint density at radius 1 is 0.750 bits per heavy atom. The van der Waals surface area contributed by atoms with Crippen LogP contribution < -0.4 is 24.8 Å². The van der Waals surface area contributed by atoms with Gasteiger partial charge in [-0.2, -0.15) is 0 Å².